The fraction of sp³-hybridized carbons (Fsp3) is 0.278. The second-order valence-electron chi connectivity index (χ2n) is 11.3. The first-order chi connectivity index (χ1) is 24.9. The summed E-state index contributed by atoms with van der Waals surface area (Å²) in [6.45, 7) is 7.70. The van der Waals surface area contributed by atoms with Crippen molar-refractivity contribution in [3.63, 3.8) is 0 Å². The van der Waals surface area contributed by atoms with Gasteiger partial charge in [-0.05, 0) is 24.3 Å². The molecule has 1 heterocycles. The van der Waals surface area contributed by atoms with Crippen molar-refractivity contribution in [2.75, 3.05) is 0 Å². The van der Waals surface area contributed by atoms with Crippen molar-refractivity contribution < 1.29 is 81.0 Å². The molecule has 0 N–H and O–H groups in total. The number of fused-ring (bicyclic) bond motifs is 1. The van der Waals surface area contributed by atoms with Crippen molar-refractivity contribution in [2.45, 2.75) is 67.1 Å². The number of hydrogen-bond acceptors (Lipinski definition) is 17. The van der Waals surface area contributed by atoms with Crippen LogP contribution in [0.2, 0.25) is 0 Å². The van der Waals surface area contributed by atoms with E-state index in [1.807, 2.05) is 0 Å². The molecular weight excluding hydrogens is 704 g/mol. The zero-order valence-corrected chi connectivity index (χ0v) is 29.3. The molecule has 0 amide bonds. The highest BCUT2D eigenvalue weighted by Crippen LogP contribution is 2.47. The van der Waals surface area contributed by atoms with E-state index >= 15 is 0 Å². The molecule has 0 radical (unpaired) electrons. The summed E-state index contributed by atoms with van der Waals surface area (Å²) >= 11 is 0. The Bertz CT molecular complexity index is 1960. The average Bonchev–Trinajstić information content (AvgIpc) is 3.00. The number of esters is 8. The summed E-state index contributed by atoms with van der Waals surface area (Å²) in [4.78, 5) is 97.4. The van der Waals surface area contributed by atoms with E-state index in [0.717, 1.165) is 60.6 Å². The van der Waals surface area contributed by atoms with Crippen LogP contribution in [0, 0.1) is 0 Å². The Kier molecular flexibility index (Phi) is 12.1. The lowest BCUT2D eigenvalue weighted by molar-refractivity contribution is -0.135. The fourth-order valence-corrected chi connectivity index (χ4v) is 5.09. The fourth-order valence-electron chi connectivity index (χ4n) is 5.09. The van der Waals surface area contributed by atoms with Gasteiger partial charge >= 0.3 is 47.8 Å². The van der Waals surface area contributed by atoms with E-state index in [-0.39, 0.29) is 63.4 Å². The average molecular weight is 737 g/mol. The Labute approximate surface area is 300 Å². The van der Waals surface area contributed by atoms with Gasteiger partial charge in [-0.3, -0.25) is 33.6 Å². The van der Waals surface area contributed by atoms with E-state index in [2.05, 4.69) is 0 Å². The van der Waals surface area contributed by atoms with Gasteiger partial charge in [0.1, 0.15) is 34.9 Å². The third kappa shape index (κ3) is 10.6. The van der Waals surface area contributed by atoms with Crippen LogP contribution in [0.3, 0.4) is 0 Å². The van der Waals surface area contributed by atoms with Crippen LogP contribution < -0.4 is 37.9 Å². The standard InChI is InChI=1S/C36H32O17/c1-16(37)45-25-8-24(9-26(12-25)46-17(2)38)36(44)53-33-15-28-29(48-19(4)40)13-27(47-18(3)39)14-30(28)52-34(33)23-10-31(49-20(5)41)35(51-22(7)43)32(11-23)50-21(6)42/h8-14,33-34H,15H2,1-7H3/t33-,34+/m0/s1. The van der Waals surface area contributed by atoms with Crippen molar-refractivity contribution >= 4 is 47.8 Å². The van der Waals surface area contributed by atoms with Crippen LogP contribution in [0.25, 0.3) is 0 Å². The zero-order valence-electron chi connectivity index (χ0n) is 29.3. The summed E-state index contributed by atoms with van der Waals surface area (Å²) in [5, 5.41) is 0. The molecule has 0 saturated carbocycles. The first-order valence-corrected chi connectivity index (χ1v) is 15.5. The van der Waals surface area contributed by atoms with Crippen LogP contribution in [-0.4, -0.2) is 53.9 Å². The SMILES string of the molecule is CC(=O)Oc1cc(OC(C)=O)cc(C(=O)O[C@H]2Cc3c(OC(C)=O)cc(OC(C)=O)cc3O[C@@H]2c2cc(OC(C)=O)c(OC(C)=O)c(OC(C)=O)c2)c1. The normalized spacial score (nSPS) is 14.2. The van der Waals surface area contributed by atoms with Crippen LogP contribution in [0.15, 0.2) is 42.5 Å². The Morgan fingerprint density at radius 3 is 1.40 bits per heavy atom. The number of ether oxygens (including phenoxy) is 9. The van der Waals surface area contributed by atoms with E-state index in [1.165, 1.54) is 30.3 Å². The maximum atomic E-state index is 13.8. The van der Waals surface area contributed by atoms with Gasteiger partial charge in [0.25, 0.3) is 0 Å². The van der Waals surface area contributed by atoms with Gasteiger partial charge in [0.15, 0.2) is 17.6 Å². The molecule has 3 aromatic rings. The van der Waals surface area contributed by atoms with Crippen molar-refractivity contribution in [1.82, 2.24) is 0 Å². The predicted molar refractivity (Wildman–Crippen MR) is 175 cm³/mol. The molecule has 0 aromatic heterocycles. The first-order valence-electron chi connectivity index (χ1n) is 15.5. The van der Waals surface area contributed by atoms with Crippen molar-refractivity contribution in [3.8, 4) is 46.0 Å². The minimum atomic E-state index is -1.37. The van der Waals surface area contributed by atoms with Crippen LogP contribution in [-0.2, 0) is 44.7 Å². The van der Waals surface area contributed by atoms with Crippen molar-refractivity contribution in [3.05, 3.63) is 59.2 Å². The highest BCUT2D eigenvalue weighted by atomic mass is 16.6. The van der Waals surface area contributed by atoms with Gasteiger partial charge in [-0.25, -0.2) is 4.79 Å². The van der Waals surface area contributed by atoms with Crippen LogP contribution >= 0.6 is 0 Å². The molecule has 2 atom stereocenters. The highest BCUT2D eigenvalue weighted by Gasteiger charge is 2.39. The monoisotopic (exact) mass is 736 g/mol. The van der Waals surface area contributed by atoms with E-state index < -0.39 is 65.7 Å². The zero-order chi connectivity index (χ0) is 39.1. The lowest BCUT2D eigenvalue weighted by Gasteiger charge is -2.34. The largest absolute Gasteiger partial charge is 0.481 e. The second kappa shape index (κ2) is 16.5. The Morgan fingerprint density at radius 2 is 0.943 bits per heavy atom. The van der Waals surface area contributed by atoms with Crippen molar-refractivity contribution in [2.24, 2.45) is 0 Å². The highest BCUT2D eigenvalue weighted by molar-refractivity contribution is 5.91. The summed E-state index contributed by atoms with van der Waals surface area (Å²) in [5.74, 6) is -8.21. The number of benzene rings is 3. The quantitative estimate of drug-likeness (QED) is 0.211. The van der Waals surface area contributed by atoms with Gasteiger partial charge in [0.05, 0.1) is 5.56 Å². The summed E-state index contributed by atoms with van der Waals surface area (Å²) in [6.07, 6.45) is -2.97. The minimum absolute atomic E-state index is 0.00145. The molecule has 4 rings (SSSR count). The Balaban J connectivity index is 1.93. The smallest absolute Gasteiger partial charge is 0.338 e. The molecule has 0 saturated heterocycles. The van der Waals surface area contributed by atoms with E-state index in [9.17, 15) is 38.4 Å². The first kappa shape index (κ1) is 39.0. The van der Waals surface area contributed by atoms with Gasteiger partial charge in [-0.15, -0.1) is 0 Å². The van der Waals surface area contributed by atoms with E-state index in [1.54, 1.807) is 0 Å². The third-order valence-electron chi connectivity index (χ3n) is 6.68. The molecule has 17 heteroatoms. The van der Waals surface area contributed by atoms with E-state index in [4.69, 9.17) is 42.6 Å². The number of hydrogen-bond donors (Lipinski definition) is 0. The number of rotatable bonds is 10. The molecule has 1 aliphatic rings. The lowest BCUT2D eigenvalue weighted by Crippen LogP contribution is -2.35. The molecule has 17 nitrogen and oxygen atoms in total. The maximum Gasteiger partial charge on any atom is 0.338 e. The molecule has 0 spiro atoms. The molecule has 3 aromatic carbocycles. The summed E-state index contributed by atoms with van der Waals surface area (Å²) < 4.78 is 48.9. The van der Waals surface area contributed by atoms with Crippen LogP contribution in [0.5, 0.6) is 46.0 Å². The molecule has 278 valence electrons. The molecular formula is C36H32O17. The third-order valence-corrected chi connectivity index (χ3v) is 6.68. The van der Waals surface area contributed by atoms with Gasteiger partial charge in [0, 0.05) is 84.2 Å². The van der Waals surface area contributed by atoms with Gasteiger partial charge in [0.2, 0.25) is 5.75 Å². The number of carbonyl (C=O) groups excluding carboxylic acids is 8. The Hall–Kier alpha value is -6.78. The lowest BCUT2D eigenvalue weighted by atomic mass is 9.93. The molecule has 0 fully saturated rings. The summed E-state index contributed by atoms with van der Waals surface area (Å²) in [7, 11) is 0. The van der Waals surface area contributed by atoms with Gasteiger partial charge in [-0.2, -0.15) is 0 Å². The maximum absolute atomic E-state index is 13.8. The van der Waals surface area contributed by atoms with Gasteiger partial charge in [-0.1, -0.05) is 0 Å². The summed E-state index contributed by atoms with van der Waals surface area (Å²) in [5.41, 5.74) is -0.00390. The Morgan fingerprint density at radius 1 is 0.509 bits per heavy atom. The minimum Gasteiger partial charge on any atom is -0.481 e. The second-order valence-corrected chi connectivity index (χ2v) is 11.3. The number of carbonyl (C=O) groups is 8. The molecule has 53 heavy (non-hydrogen) atoms. The predicted octanol–water partition coefficient (Wildman–Crippen LogP) is 4.07. The van der Waals surface area contributed by atoms with Crippen LogP contribution in [0.1, 0.15) is 76.1 Å². The molecule has 0 unspecified atom stereocenters. The summed E-state index contributed by atoms with van der Waals surface area (Å²) in [6, 6.07) is 8.51. The molecule has 0 aliphatic carbocycles. The van der Waals surface area contributed by atoms with Gasteiger partial charge < -0.3 is 42.6 Å². The van der Waals surface area contributed by atoms with Crippen LogP contribution in [0.4, 0.5) is 0 Å². The molecule has 1 aliphatic heterocycles. The topological polar surface area (TPSA) is 220 Å². The van der Waals surface area contributed by atoms with Crippen molar-refractivity contribution in [1.29, 1.82) is 0 Å². The van der Waals surface area contributed by atoms with E-state index in [0.29, 0.717) is 0 Å². The molecule has 0 bridgehead atoms.